The second kappa shape index (κ2) is 16.3. The van der Waals surface area contributed by atoms with Crippen molar-refractivity contribution in [2.45, 2.75) is 76.4 Å². The lowest BCUT2D eigenvalue weighted by atomic mass is 9.92. The molecule has 0 radical (unpaired) electrons. The lowest BCUT2D eigenvalue weighted by molar-refractivity contribution is -0.149. The Labute approximate surface area is 243 Å². The van der Waals surface area contributed by atoms with Crippen LogP contribution in [0.5, 0.6) is 5.75 Å². The number of hydrogen-bond acceptors (Lipinski definition) is 7. The van der Waals surface area contributed by atoms with Crippen LogP contribution in [0, 0.1) is 5.92 Å². The lowest BCUT2D eigenvalue weighted by Crippen LogP contribution is -2.61. The van der Waals surface area contributed by atoms with E-state index in [2.05, 4.69) is 34.9 Å². The predicted molar refractivity (Wildman–Crippen MR) is 155 cm³/mol. The van der Waals surface area contributed by atoms with Gasteiger partial charge in [-0.1, -0.05) is 25.0 Å². The van der Waals surface area contributed by atoms with Gasteiger partial charge in [-0.3, -0.25) is 19.2 Å². The van der Waals surface area contributed by atoms with E-state index in [0.29, 0.717) is 38.1 Å². The van der Waals surface area contributed by atoms with Crippen molar-refractivity contribution in [2.75, 3.05) is 46.9 Å². The summed E-state index contributed by atoms with van der Waals surface area (Å²) in [6.45, 7) is 3.55. The highest BCUT2D eigenvalue weighted by molar-refractivity contribution is 5.99. The SMILES string of the molecule is CC(=O)NCCCC[C@@H]1NC(=O)[C@@H]2C[C@H](C(=O)NCCCCCCN(C)C)[C@H](c3cccc(OCCO)c3)N2C1=O. The van der Waals surface area contributed by atoms with Crippen molar-refractivity contribution >= 4 is 23.6 Å². The number of nitrogens with zero attached hydrogens (tertiary/aromatic N) is 2. The molecule has 11 heteroatoms. The molecule has 3 rings (SSSR count). The molecule has 0 spiro atoms. The van der Waals surface area contributed by atoms with Crippen molar-refractivity contribution in [3.05, 3.63) is 29.8 Å². The maximum atomic E-state index is 13.8. The molecule has 0 unspecified atom stereocenters. The van der Waals surface area contributed by atoms with Gasteiger partial charge in [-0.15, -0.1) is 0 Å². The van der Waals surface area contributed by atoms with Crippen molar-refractivity contribution < 1.29 is 29.0 Å². The van der Waals surface area contributed by atoms with Crippen molar-refractivity contribution in [3.8, 4) is 5.75 Å². The summed E-state index contributed by atoms with van der Waals surface area (Å²) in [5, 5.41) is 17.9. The fourth-order valence-electron chi connectivity index (χ4n) is 5.68. The topological polar surface area (TPSA) is 140 Å². The average Bonchev–Trinajstić information content (AvgIpc) is 3.35. The Balaban J connectivity index is 1.73. The number of carbonyl (C=O) groups is 4. The molecular formula is C30H47N5O6. The Bertz CT molecular complexity index is 1030. The Morgan fingerprint density at radius 2 is 1.80 bits per heavy atom. The summed E-state index contributed by atoms with van der Waals surface area (Å²) in [6, 6.07) is 5.18. The zero-order valence-electron chi connectivity index (χ0n) is 24.7. The van der Waals surface area contributed by atoms with E-state index in [1.54, 1.807) is 23.1 Å². The molecule has 2 aliphatic rings. The quantitative estimate of drug-likeness (QED) is 0.206. The summed E-state index contributed by atoms with van der Waals surface area (Å²) < 4.78 is 5.61. The van der Waals surface area contributed by atoms with Crippen LogP contribution in [0.2, 0.25) is 0 Å². The fourth-order valence-corrected chi connectivity index (χ4v) is 5.68. The highest BCUT2D eigenvalue weighted by Crippen LogP contribution is 2.44. The molecule has 41 heavy (non-hydrogen) atoms. The highest BCUT2D eigenvalue weighted by atomic mass is 16.5. The number of aliphatic hydroxyl groups is 1. The average molecular weight is 574 g/mol. The Kier molecular flexibility index (Phi) is 12.9. The molecule has 4 amide bonds. The predicted octanol–water partition coefficient (Wildman–Crippen LogP) is 1.36. The Morgan fingerprint density at radius 3 is 2.54 bits per heavy atom. The van der Waals surface area contributed by atoms with Gasteiger partial charge in [-0.2, -0.15) is 0 Å². The number of nitrogens with one attached hydrogen (secondary N) is 3. The number of amides is 4. The minimum absolute atomic E-state index is 0.103. The molecule has 0 aliphatic carbocycles. The smallest absolute Gasteiger partial charge is 0.246 e. The summed E-state index contributed by atoms with van der Waals surface area (Å²) in [5.74, 6) is -0.766. The third-order valence-electron chi connectivity index (χ3n) is 7.69. The molecule has 2 fully saturated rings. The van der Waals surface area contributed by atoms with Gasteiger partial charge < -0.3 is 35.6 Å². The molecule has 228 valence electrons. The molecule has 2 saturated heterocycles. The van der Waals surface area contributed by atoms with Crippen LogP contribution in [-0.2, 0) is 19.2 Å². The van der Waals surface area contributed by atoms with Gasteiger partial charge >= 0.3 is 0 Å². The highest BCUT2D eigenvalue weighted by Gasteiger charge is 2.54. The van der Waals surface area contributed by atoms with Gasteiger partial charge in [0.2, 0.25) is 23.6 Å². The standard InChI is InChI=1S/C30H47N5O6/c1-21(37)31-14-8-6-13-25-30(40)35-26(29(39)33-25)20-24(28(38)32-15-7-4-5-9-16-34(2)3)27(35)22-11-10-12-23(19-22)41-18-17-36/h10-12,19,24-27,36H,4-9,13-18,20H2,1-3H3,(H,31,37)(H,32,38)(H,33,39)/t24-,25-,26-,27-/m0/s1. The molecule has 2 aliphatic heterocycles. The Morgan fingerprint density at radius 1 is 1.07 bits per heavy atom. The number of benzene rings is 1. The van der Waals surface area contributed by atoms with E-state index in [9.17, 15) is 24.3 Å². The van der Waals surface area contributed by atoms with Gasteiger partial charge in [-0.25, -0.2) is 0 Å². The minimum atomic E-state index is -0.730. The first kappa shape index (κ1) is 32.3. The molecule has 2 heterocycles. The molecule has 1 aromatic carbocycles. The van der Waals surface area contributed by atoms with Crippen LogP contribution in [0.15, 0.2) is 24.3 Å². The van der Waals surface area contributed by atoms with E-state index in [4.69, 9.17) is 4.74 Å². The summed E-state index contributed by atoms with van der Waals surface area (Å²) >= 11 is 0. The minimum Gasteiger partial charge on any atom is -0.491 e. The summed E-state index contributed by atoms with van der Waals surface area (Å²) in [6.07, 6.45) is 6.14. The zero-order chi connectivity index (χ0) is 29.8. The number of piperazine rings is 1. The van der Waals surface area contributed by atoms with Crippen LogP contribution < -0.4 is 20.7 Å². The van der Waals surface area contributed by atoms with Crippen LogP contribution in [0.3, 0.4) is 0 Å². The molecule has 11 nitrogen and oxygen atoms in total. The van der Waals surface area contributed by atoms with Crippen LogP contribution in [-0.4, -0.2) is 97.6 Å². The number of fused-ring (bicyclic) bond motifs is 1. The van der Waals surface area contributed by atoms with Gasteiger partial charge in [0.05, 0.1) is 18.6 Å². The van der Waals surface area contributed by atoms with E-state index in [1.165, 1.54) is 6.92 Å². The van der Waals surface area contributed by atoms with E-state index < -0.39 is 24.0 Å². The van der Waals surface area contributed by atoms with Gasteiger partial charge in [0.25, 0.3) is 0 Å². The zero-order valence-corrected chi connectivity index (χ0v) is 24.7. The molecule has 0 bridgehead atoms. The van der Waals surface area contributed by atoms with Crippen LogP contribution in [0.1, 0.15) is 69.9 Å². The van der Waals surface area contributed by atoms with Crippen molar-refractivity contribution in [2.24, 2.45) is 5.92 Å². The van der Waals surface area contributed by atoms with Crippen molar-refractivity contribution in [1.82, 2.24) is 25.8 Å². The number of hydrogen-bond donors (Lipinski definition) is 4. The van der Waals surface area contributed by atoms with E-state index in [1.807, 2.05) is 6.07 Å². The van der Waals surface area contributed by atoms with E-state index in [0.717, 1.165) is 37.8 Å². The molecule has 0 aromatic heterocycles. The number of carbonyl (C=O) groups excluding carboxylic acids is 4. The molecular weight excluding hydrogens is 526 g/mol. The molecule has 0 saturated carbocycles. The van der Waals surface area contributed by atoms with Gasteiger partial charge in [0.15, 0.2) is 0 Å². The molecule has 4 atom stereocenters. The van der Waals surface area contributed by atoms with Crippen LogP contribution in [0.4, 0.5) is 0 Å². The molecule has 4 N–H and O–H groups in total. The number of rotatable bonds is 17. The molecule has 1 aromatic rings. The first-order chi connectivity index (χ1) is 19.7. The lowest BCUT2D eigenvalue weighted by Gasteiger charge is -2.38. The number of unbranched alkanes of at least 4 members (excludes halogenated alkanes) is 4. The maximum absolute atomic E-state index is 13.8. The van der Waals surface area contributed by atoms with Crippen LogP contribution >= 0.6 is 0 Å². The van der Waals surface area contributed by atoms with Gasteiger partial charge in [0, 0.05) is 20.0 Å². The summed E-state index contributed by atoms with van der Waals surface area (Å²) in [5.41, 5.74) is 0.722. The van der Waals surface area contributed by atoms with Gasteiger partial charge in [0.1, 0.15) is 24.4 Å². The monoisotopic (exact) mass is 573 g/mol. The number of aliphatic hydroxyl groups excluding tert-OH is 1. The first-order valence-corrected chi connectivity index (χ1v) is 14.9. The second-order valence-corrected chi connectivity index (χ2v) is 11.2. The maximum Gasteiger partial charge on any atom is 0.246 e. The summed E-state index contributed by atoms with van der Waals surface area (Å²) in [4.78, 5) is 55.4. The van der Waals surface area contributed by atoms with E-state index in [-0.39, 0.29) is 43.3 Å². The number of ether oxygens (including phenoxy) is 1. The normalized spacial score (nSPS) is 21.9. The van der Waals surface area contributed by atoms with Gasteiger partial charge in [-0.05, 0) is 76.9 Å². The largest absolute Gasteiger partial charge is 0.491 e. The fraction of sp³-hybridized carbons (Fsp3) is 0.667. The van der Waals surface area contributed by atoms with Crippen LogP contribution in [0.25, 0.3) is 0 Å². The second-order valence-electron chi connectivity index (χ2n) is 11.2. The first-order valence-electron chi connectivity index (χ1n) is 14.9. The third-order valence-corrected chi connectivity index (χ3v) is 7.69. The van der Waals surface area contributed by atoms with E-state index >= 15 is 0 Å². The summed E-state index contributed by atoms with van der Waals surface area (Å²) in [7, 11) is 4.11. The van der Waals surface area contributed by atoms with Crippen molar-refractivity contribution in [3.63, 3.8) is 0 Å². The Hall–Kier alpha value is -3.18. The van der Waals surface area contributed by atoms with Crippen molar-refractivity contribution in [1.29, 1.82) is 0 Å². The third kappa shape index (κ3) is 9.43.